The summed E-state index contributed by atoms with van der Waals surface area (Å²) in [5.74, 6) is 1.25. The van der Waals surface area contributed by atoms with Crippen molar-refractivity contribution in [2.24, 2.45) is 0 Å². The molecule has 182 valence electrons. The summed E-state index contributed by atoms with van der Waals surface area (Å²) in [5.41, 5.74) is 3.76. The number of aromatic nitrogens is 2. The third kappa shape index (κ3) is 6.65. The lowest BCUT2D eigenvalue weighted by molar-refractivity contribution is 0.122. The zero-order valence-corrected chi connectivity index (χ0v) is 21.3. The fourth-order valence-electron chi connectivity index (χ4n) is 3.78. The van der Waals surface area contributed by atoms with E-state index in [0.717, 1.165) is 66.8 Å². The minimum atomic E-state index is -1.62. The van der Waals surface area contributed by atoms with E-state index in [2.05, 4.69) is 48.4 Å². The molecule has 1 aliphatic carbocycles. The van der Waals surface area contributed by atoms with Crippen molar-refractivity contribution in [1.29, 1.82) is 0 Å². The number of allylic oxidation sites excluding steroid dienone is 3. The first kappa shape index (κ1) is 24.4. The molecule has 0 bridgehead atoms. The number of nitrogens with one attached hydrogen (secondary N) is 3. The molecule has 2 aliphatic rings. The van der Waals surface area contributed by atoms with Crippen molar-refractivity contribution in [3.63, 3.8) is 0 Å². The monoisotopic (exact) mass is 483 g/mol. The Labute approximate surface area is 204 Å². The van der Waals surface area contributed by atoms with Gasteiger partial charge in [-0.1, -0.05) is 10.3 Å². The second-order valence-corrected chi connectivity index (χ2v) is 11.0. The molecule has 8 nitrogen and oxygen atoms in total. The molecule has 1 aliphatic heterocycles. The van der Waals surface area contributed by atoms with E-state index in [9.17, 15) is 4.21 Å². The summed E-state index contributed by atoms with van der Waals surface area (Å²) in [5, 5.41) is 6.69. The fraction of sp³-hybridized carbons (Fsp3) is 0.440. The van der Waals surface area contributed by atoms with Gasteiger partial charge in [0, 0.05) is 54.4 Å². The van der Waals surface area contributed by atoms with Crippen LogP contribution in [0.1, 0.15) is 39.2 Å². The van der Waals surface area contributed by atoms with E-state index in [0.29, 0.717) is 5.95 Å². The van der Waals surface area contributed by atoms with Crippen molar-refractivity contribution < 1.29 is 8.95 Å². The molecule has 0 saturated carbocycles. The number of benzene rings is 1. The molecule has 1 aromatic heterocycles. The zero-order chi connectivity index (χ0) is 24.1. The first-order valence-corrected chi connectivity index (χ1v) is 13.0. The van der Waals surface area contributed by atoms with E-state index < -0.39 is 11.0 Å². The van der Waals surface area contributed by atoms with Gasteiger partial charge in [-0.05, 0) is 58.4 Å². The van der Waals surface area contributed by atoms with E-state index in [1.807, 2.05) is 45.9 Å². The fourth-order valence-corrected chi connectivity index (χ4v) is 5.12. The molecule has 0 amide bonds. The second kappa shape index (κ2) is 10.7. The van der Waals surface area contributed by atoms with Gasteiger partial charge in [-0.15, -0.1) is 4.72 Å². The highest BCUT2D eigenvalue weighted by atomic mass is 32.2. The molecular weight excluding hydrogens is 448 g/mol. The lowest BCUT2D eigenvalue weighted by Gasteiger charge is -2.28. The summed E-state index contributed by atoms with van der Waals surface area (Å²) < 4.78 is 21.4. The molecule has 1 saturated heterocycles. The quantitative estimate of drug-likeness (QED) is 0.399. The highest BCUT2D eigenvalue weighted by Crippen LogP contribution is 2.25. The van der Waals surface area contributed by atoms with E-state index >= 15 is 0 Å². The highest BCUT2D eigenvalue weighted by Gasteiger charge is 2.23. The smallest absolute Gasteiger partial charge is 0.229 e. The number of thiol groups is 1. The maximum Gasteiger partial charge on any atom is 0.229 e. The number of rotatable bonds is 7. The summed E-state index contributed by atoms with van der Waals surface area (Å²) in [7, 11) is -1.62. The van der Waals surface area contributed by atoms with Gasteiger partial charge in [0.15, 0.2) is 15.9 Å². The topological polar surface area (TPSA) is 91.4 Å². The number of aryl methyl sites for hydroxylation is 1. The van der Waals surface area contributed by atoms with Crippen LogP contribution < -0.4 is 20.3 Å². The Balaban J connectivity index is 1.43. The van der Waals surface area contributed by atoms with Gasteiger partial charge in [0.25, 0.3) is 0 Å². The first-order chi connectivity index (χ1) is 16.3. The summed E-state index contributed by atoms with van der Waals surface area (Å²) in [4.78, 5) is 12.4. The maximum absolute atomic E-state index is 12.7. The van der Waals surface area contributed by atoms with Crippen LogP contribution in [0.4, 0.5) is 23.1 Å². The van der Waals surface area contributed by atoms with Crippen LogP contribution in [-0.2, 0) is 19.9 Å². The van der Waals surface area contributed by atoms with Crippen LogP contribution in [0.3, 0.4) is 0 Å². The largest absolute Gasteiger partial charge is 0.378 e. The van der Waals surface area contributed by atoms with Gasteiger partial charge < -0.3 is 20.3 Å². The van der Waals surface area contributed by atoms with Gasteiger partial charge in [0.05, 0.1) is 18.8 Å². The van der Waals surface area contributed by atoms with Crippen LogP contribution in [0.15, 0.2) is 53.2 Å². The molecule has 2 heterocycles. The average Bonchev–Trinajstić information content (AvgIpc) is 2.81. The Kier molecular flexibility index (Phi) is 7.65. The van der Waals surface area contributed by atoms with Crippen LogP contribution in [0.2, 0.25) is 0 Å². The van der Waals surface area contributed by atoms with Crippen molar-refractivity contribution in [3.05, 3.63) is 58.8 Å². The maximum atomic E-state index is 12.7. The molecule has 0 radical (unpaired) electrons. The van der Waals surface area contributed by atoms with Crippen molar-refractivity contribution >= 4 is 34.1 Å². The lowest BCUT2D eigenvalue weighted by atomic mass is 10.1. The Hall–Kier alpha value is -2.75. The summed E-state index contributed by atoms with van der Waals surface area (Å²) in [6.45, 7) is 11.4. The van der Waals surface area contributed by atoms with Gasteiger partial charge in [0.1, 0.15) is 5.82 Å². The second-order valence-electron chi connectivity index (χ2n) is 9.61. The normalized spacial score (nSPS) is 17.6. The van der Waals surface area contributed by atoms with Gasteiger partial charge in [0.2, 0.25) is 5.95 Å². The molecule has 1 aromatic carbocycles. The Bertz CT molecular complexity index is 1090. The van der Waals surface area contributed by atoms with Crippen LogP contribution in [0.5, 0.6) is 0 Å². The van der Waals surface area contributed by atoms with Crippen LogP contribution in [0.25, 0.3) is 0 Å². The predicted octanol–water partition coefficient (Wildman–Crippen LogP) is 4.34. The zero-order valence-electron chi connectivity index (χ0n) is 20.4. The van der Waals surface area contributed by atoms with Crippen molar-refractivity contribution in [3.8, 4) is 0 Å². The first-order valence-electron chi connectivity index (χ1n) is 11.7. The number of anilines is 4. The molecule has 9 heteroatoms. The summed E-state index contributed by atoms with van der Waals surface area (Å²) in [6.07, 6.45) is 7.52. The molecule has 34 heavy (non-hydrogen) atoms. The molecule has 4 rings (SSSR count). The Morgan fingerprint density at radius 3 is 2.53 bits per heavy atom. The van der Waals surface area contributed by atoms with E-state index in [1.165, 1.54) is 5.69 Å². The molecule has 1 atom stereocenters. The predicted molar refractivity (Wildman–Crippen MR) is 141 cm³/mol. The molecule has 1 unspecified atom stereocenters. The van der Waals surface area contributed by atoms with Crippen LogP contribution in [0, 0.1) is 6.92 Å². The molecule has 0 spiro atoms. The number of nitrogens with zero attached hydrogens (tertiary/aromatic N) is 3. The van der Waals surface area contributed by atoms with E-state index in [-0.39, 0.29) is 5.54 Å². The number of morpholine rings is 1. The van der Waals surface area contributed by atoms with Crippen molar-refractivity contribution in [2.45, 2.75) is 46.1 Å². The summed E-state index contributed by atoms with van der Waals surface area (Å²) in [6, 6.07) is 8.29. The molecule has 1 fully saturated rings. The molecular formula is C25H35N6O2S+. The van der Waals surface area contributed by atoms with Gasteiger partial charge in [-0.2, -0.15) is 4.98 Å². The van der Waals surface area contributed by atoms with E-state index in [4.69, 9.17) is 4.74 Å². The number of hydrogen-bond donors (Lipinski definition) is 3. The standard InChI is InChI=1S/C25H34N6O2S/c1-18-17-26-24(28-19-8-10-21(11-9-19)31-12-14-33-15-13-31)29-23(18)27-20-6-5-7-22(16-20)34(32)30-25(2,3)4/h6,8-11,16-17H,5,7,12-15H2,1-4H3,(H,30,32)(H2,26,27,28,29)/p+1. The Morgan fingerprint density at radius 2 is 1.82 bits per heavy atom. The minimum Gasteiger partial charge on any atom is -0.378 e. The van der Waals surface area contributed by atoms with Gasteiger partial charge in [-0.3, -0.25) is 0 Å². The summed E-state index contributed by atoms with van der Waals surface area (Å²) >= 11 is 0. The third-order valence-electron chi connectivity index (χ3n) is 5.52. The number of ether oxygens (including phenoxy) is 1. The van der Waals surface area contributed by atoms with Gasteiger partial charge >= 0.3 is 0 Å². The highest BCUT2D eigenvalue weighted by molar-refractivity contribution is 7.87. The Morgan fingerprint density at radius 1 is 1.09 bits per heavy atom. The van der Waals surface area contributed by atoms with Crippen molar-refractivity contribution in [2.75, 3.05) is 41.8 Å². The third-order valence-corrected chi connectivity index (χ3v) is 7.27. The van der Waals surface area contributed by atoms with Gasteiger partial charge in [-0.25, -0.2) is 4.98 Å². The van der Waals surface area contributed by atoms with Crippen LogP contribution in [-0.4, -0.2) is 41.8 Å². The molecule has 2 aromatic rings. The van der Waals surface area contributed by atoms with E-state index in [1.54, 1.807) is 6.20 Å². The van der Waals surface area contributed by atoms with Crippen molar-refractivity contribution in [1.82, 2.24) is 14.7 Å². The SMILES string of the molecule is Cc1cnc(Nc2ccc(N3CCOCC3)cc2)nc1NC1=CCCC([SH+](=O)NC(C)(C)C)=C1. The lowest BCUT2D eigenvalue weighted by Crippen LogP contribution is -2.37. The minimum absolute atomic E-state index is 0.201. The number of hydrogen-bond acceptors (Lipinski definition) is 7. The average molecular weight is 484 g/mol. The van der Waals surface area contributed by atoms with Crippen LogP contribution >= 0.6 is 0 Å². The molecule has 3 N–H and O–H groups in total.